The average molecular weight is 218 g/mol. The summed E-state index contributed by atoms with van der Waals surface area (Å²) in [6, 6.07) is 0. The predicted molar refractivity (Wildman–Crippen MR) is 57.4 cm³/mol. The van der Waals surface area contributed by atoms with Crippen LogP contribution in [0.5, 0.6) is 0 Å². The maximum Gasteiger partial charge on any atom is 0.302 e. The lowest BCUT2D eigenvalue weighted by molar-refractivity contribution is -0.144. The number of ether oxygens (including phenoxy) is 2. The SMILES string of the molecule is CO[C@@H](C)[C@H](C)[C@H](O)[C@H](C)COC(C)=O. The second kappa shape index (κ2) is 6.80. The van der Waals surface area contributed by atoms with Crippen LogP contribution in [0, 0.1) is 11.8 Å². The maximum absolute atomic E-state index is 10.6. The lowest BCUT2D eigenvalue weighted by Crippen LogP contribution is -2.35. The van der Waals surface area contributed by atoms with Crippen molar-refractivity contribution in [1.29, 1.82) is 0 Å². The maximum atomic E-state index is 10.6. The van der Waals surface area contributed by atoms with Gasteiger partial charge in [-0.2, -0.15) is 0 Å². The highest BCUT2D eigenvalue weighted by molar-refractivity contribution is 5.65. The van der Waals surface area contributed by atoms with Crippen molar-refractivity contribution in [1.82, 2.24) is 0 Å². The van der Waals surface area contributed by atoms with E-state index in [-0.39, 0.29) is 30.5 Å². The summed E-state index contributed by atoms with van der Waals surface area (Å²) in [6.45, 7) is 7.29. The summed E-state index contributed by atoms with van der Waals surface area (Å²) < 4.78 is 9.99. The third kappa shape index (κ3) is 5.14. The van der Waals surface area contributed by atoms with Gasteiger partial charge in [0.25, 0.3) is 0 Å². The molecule has 0 aromatic rings. The molecule has 0 fully saturated rings. The van der Waals surface area contributed by atoms with Crippen molar-refractivity contribution >= 4 is 5.97 Å². The molecule has 15 heavy (non-hydrogen) atoms. The summed E-state index contributed by atoms with van der Waals surface area (Å²) in [4.78, 5) is 10.6. The largest absolute Gasteiger partial charge is 0.465 e. The van der Waals surface area contributed by atoms with Crippen LogP contribution < -0.4 is 0 Å². The van der Waals surface area contributed by atoms with Crippen LogP contribution >= 0.6 is 0 Å². The Morgan fingerprint density at radius 2 is 1.87 bits per heavy atom. The molecular formula is C11H22O4. The fourth-order valence-electron chi connectivity index (χ4n) is 1.36. The molecule has 0 spiro atoms. The Hall–Kier alpha value is -0.610. The molecule has 4 heteroatoms. The van der Waals surface area contributed by atoms with Gasteiger partial charge < -0.3 is 14.6 Å². The van der Waals surface area contributed by atoms with Gasteiger partial charge >= 0.3 is 5.97 Å². The van der Waals surface area contributed by atoms with E-state index in [4.69, 9.17) is 9.47 Å². The molecule has 1 N–H and O–H groups in total. The first-order valence-corrected chi connectivity index (χ1v) is 5.24. The molecule has 0 aliphatic rings. The summed E-state index contributed by atoms with van der Waals surface area (Å²) in [6.07, 6.45) is -0.543. The van der Waals surface area contributed by atoms with Crippen LogP contribution in [0.2, 0.25) is 0 Å². The highest BCUT2D eigenvalue weighted by Gasteiger charge is 2.26. The molecule has 0 aromatic carbocycles. The minimum absolute atomic E-state index is 0.0141. The van der Waals surface area contributed by atoms with Crippen molar-refractivity contribution in [2.45, 2.75) is 39.9 Å². The monoisotopic (exact) mass is 218 g/mol. The highest BCUT2D eigenvalue weighted by atomic mass is 16.5. The normalized spacial score (nSPS) is 19.1. The summed E-state index contributed by atoms with van der Waals surface area (Å²) in [5.41, 5.74) is 0. The summed E-state index contributed by atoms with van der Waals surface area (Å²) >= 11 is 0. The Morgan fingerprint density at radius 3 is 2.27 bits per heavy atom. The first-order valence-electron chi connectivity index (χ1n) is 5.24. The van der Waals surface area contributed by atoms with E-state index in [9.17, 15) is 9.90 Å². The molecule has 0 saturated carbocycles. The number of esters is 1. The van der Waals surface area contributed by atoms with E-state index < -0.39 is 6.10 Å². The summed E-state index contributed by atoms with van der Waals surface area (Å²) in [5, 5.41) is 9.93. The first-order chi connectivity index (χ1) is 6.90. The fourth-order valence-corrected chi connectivity index (χ4v) is 1.36. The van der Waals surface area contributed by atoms with Crippen LogP contribution in [0.15, 0.2) is 0 Å². The van der Waals surface area contributed by atoms with Crippen molar-refractivity contribution in [3.05, 3.63) is 0 Å². The van der Waals surface area contributed by atoms with Crippen molar-refractivity contribution in [2.24, 2.45) is 11.8 Å². The summed E-state index contributed by atoms with van der Waals surface area (Å²) in [7, 11) is 1.62. The fraction of sp³-hybridized carbons (Fsp3) is 0.909. The minimum atomic E-state index is -0.528. The molecule has 0 aromatic heterocycles. The smallest absolute Gasteiger partial charge is 0.302 e. The van der Waals surface area contributed by atoms with Crippen molar-refractivity contribution in [3.63, 3.8) is 0 Å². The van der Waals surface area contributed by atoms with Crippen LogP contribution in [-0.4, -0.2) is 37.0 Å². The molecule has 0 aliphatic heterocycles. The number of aliphatic hydroxyl groups is 1. The van der Waals surface area contributed by atoms with E-state index >= 15 is 0 Å². The second-order valence-electron chi connectivity index (χ2n) is 4.07. The van der Waals surface area contributed by atoms with Crippen LogP contribution in [0.25, 0.3) is 0 Å². The minimum Gasteiger partial charge on any atom is -0.465 e. The van der Waals surface area contributed by atoms with Crippen LogP contribution in [0.3, 0.4) is 0 Å². The molecule has 0 rings (SSSR count). The lowest BCUT2D eigenvalue weighted by Gasteiger charge is -2.28. The van der Waals surface area contributed by atoms with Crippen molar-refractivity contribution < 1.29 is 19.4 Å². The van der Waals surface area contributed by atoms with E-state index in [0.717, 1.165) is 0 Å². The van der Waals surface area contributed by atoms with Crippen LogP contribution in [0.4, 0.5) is 0 Å². The number of hydrogen-bond acceptors (Lipinski definition) is 4. The Bertz CT molecular complexity index is 193. The van der Waals surface area contributed by atoms with Crippen LogP contribution in [0.1, 0.15) is 27.7 Å². The van der Waals surface area contributed by atoms with Crippen molar-refractivity contribution in [2.75, 3.05) is 13.7 Å². The molecule has 90 valence electrons. The van der Waals surface area contributed by atoms with Crippen LogP contribution in [-0.2, 0) is 14.3 Å². The number of rotatable bonds is 6. The van der Waals surface area contributed by atoms with Gasteiger partial charge in [0.2, 0.25) is 0 Å². The van der Waals surface area contributed by atoms with Gasteiger partial charge in [-0.3, -0.25) is 4.79 Å². The van der Waals surface area contributed by atoms with Gasteiger partial charge in [0, 0.05) is 25.9 Å². The molecule has 4 atom stereocenters. The zero-order valence-electron chi connectivity index (χ0n) is 10.2. The van der Waals surface area contributed by atoms with Gasteiger partial charge in [-0.25, -0.2) is 0 Å². The van der Waals surface area contributed by atoms with Gasteiger partial charge in [0.05, 0.1) is 18.8 Å². The standard InChI is InChI=1S/C11H22O4/c1-7(6-15-10(4)12)11(13)8(2)9(3)14-5/h7-9,11,13H,6H2,1-5H3/t7-,8+,9+,11-/m1/s1. The molecule has 0 heterocycles. The molecule has 4 nitrogen and oxygen atoms in total. The number of aliphatic hydroxyl groups excluding tert-OH is 1. The molecule has 0 amide bonds. The molecule has 0 aliphatic carbocycles. The van der Waals surface area contributed by atoms with Gasteiger partial charge in [0.1, 0.15) is 0 Å². The van der Waals surface area contributed by atoms with Gasteiger partial charge in [-0.05, 0) is 6.92 Å². The Kier molecular flexibility index (Phi) is 6.52. The number of carbonyl (C=O) groups excluding carboxylic acids is 1. The number of hydrogen-bond donors (Lipinski definition) is 1. The second-order valence-corrected chi connectivity index (χ2v) is 4.07. The number of carbonyl (C=O) groups is 1. The van der Waals surface area contributed by atoms with Gasteiger partial charge in [-0.15, -0.1) is 0 Å². The summed E-state index contributed by atoms with van der Waals surface area (Å²) in [5.74, 6) is -0.386. The topological polar surface area (TPSA) is 55.8 Å². The van der Waals surface area contributed by atoms with Gasteiger partial charge in [0.15, 0.2) is 0 Å². The van der Waals surface area contributed by atoms with E-state index in [1.807, 2.05) is 20.8 Å². The quantitative estimate of drug-likeness (QED) is 0.681. The Labute approximate surface area is 91.6 Å². The third-order valence-corrected chi connectivity index (χ3v) is 2.78. The predicted octanol–water partition coefficient (Wildman–Crippen LogP) is 1.22. The van der Waals surface area contributed by atoms with Gasteiger partial charge in [-0.1, -0.05) is 13.8 Å². The molecule has 0 radical (unpaired) electrons. The third-order valence-electron chi connectivity index (χ3n) is 2.78. The van der Waals surface area contributed by atoms with E-state index in [2.05, 4.69) is 0 Å². The Balaban J connectivity index is 4.06. The zero-order chi connectivity index (χ0) is 12.0. The molecule has 0 saturated heterocycles. The van der Waals surface area contributed by atoms with Crippen molar-refractivity contribution in [3.8, 4) is 0 Å². The molecule has 0 bridgehead atoms. The van der Waals surface area contributed by atoms with E-state index in [0.29, 0.717) is 0 Å². The Morgan fingerprint density at radius 1 is 1.33 bits per heavy atom. The highest BCUT2D eigenvalue weighted by Crippen LogP contribution is 2.18. The molecular weight excluding hydrogens is 196 g/mol. The van der Waals surface area contributed by atoms with E-state index in [1.165, 1.54) is 6.92 Å². The zero-order valence-corrected chi connectivity index (χ0v) is 10.2. The first kappa shape index (κ1) is 14.4. The lowest BCUT2D eigenvalue weighted by atomic mass is 9.90. The average Bonchev–Trinajstić information content (AvgIpc) is 2.22. The number of methoxy groups -OCH3 is 1. The molecule has 0 unspecified atom stereocenters. The van der Waals surface area contributed by atoms with E-state index in [1.54, 1.807) is 7.11 Å².